The highest BCUT2D eigenvalue weighted by Crippen LogP contribution is 2.23. The summed E-state index contributed by atoms with van der Waals surface area (Å²) in [5.74, 6) is 1.07. The van der Waals surface area contributed by atoms with Crippen LogP contribution in [0.4, 0.5) is 5.82 Å². The second kappa shape index (κ2) is 5.24. The molecule has 1 aromatic heterocycles. The van der Waals surface area contributed by atoms with Crippen LogP contribution < -0.4 is 10.6 Å². The Morgan fingerprint density at radius 2 is 1.89 bits per heavy atom. The van der Waals surface area contributed by atoms with Crippen molar-refractivity contribution in [3.05, 3.63) is 23.4 Å². The summed E-state index contributed by atoms with van der Waals surface area (Å²) < 4.78 is 0. The number of nitrogens with two attached hydrogens (primary N) is 1. The molecule has 4 heteroatoms. The zero-order valence-corrected chi connectivity index (χ0v) is 11.8. The van der Waals surface area contributed by atoms with Crippen molar-refractivity contribution in [2.75, 3.05) is 25.0 Å². The molecule has 1 aliphatic rings. The second-order valence-corrected chi connectivity index (χ2v) is 5.41. The fourth-order valence-corrected chi connectivity index (χ4v) is 2.58. The lowest BCUT2D eigenvalue weighted by atomic mass is 10.1. The molecule has 4 nitrogen and oxygen atoms in total. The Bertz CT molecular complexity index is 406. The van der Waals surface area contributed by atoms with E-state index in [4.69, 9.17) is 5.73 Å². The van der Waals surface area contributed by atoms with Crippen LogP contribution in [-0.4, -0.2) is 42.1 Å². The van der Waals surface area contributed by atoms with Crippen LogP contribution in [0, 0.1) is 6.92 Å². The van der Waals surface area contributed by atoms with E-state index in [-0.39, 0.29) is 0 Å². The summed E-state index contributed by atoms with van der Waals surface area (Å²) in [6, 6.07) is 5.23. The van der Waals surface area contributed by atoms with Crippen molar-refractivity contribution in [1.29, 1.82) is 0 Å². The number of hydrogen-bond donors (Lipinski definition) is 1. The molecule has 0 aromatic carbocycles. The third kappa shape index (κ3) is 2.49. The van der Waals surface area contributed by atoms with Crippen molar-refractivity contribution in [2.24, 2.45) is 5.73 Å². The first-order valence-electron chi connectivity index (χ1n) is 6.66. The fourth-order valence-electron chi connectivity index (χ4n) is 2.58. The van der Waals surface area contributed by atoms with Crippen molar-refractivity contribution in [3.8, 4) is 0 Å². The lowest BCUT2D eigenvalue weighted by Crippen LogP contribution is -2.55. The lowest BCUT2D eigenvalue weighted by Gasteiger charge is -2.43. The molecule has 1 aliphatic heterocycles. The normalized spacial score (nSPS) is 25.5. The van der Waals surface area contributed by atoms with Crippen LogP contribution in [0.5, 0.6) is 0 Å². The minimum atomic E-state index is 0.543. The van der Waals surface area contributed by atoms with Gasteiger partial charge in [0.25, 0.3) is 0 Å². The number of hydrogen-bond acceptors (Lipinski definition) is 4. The third-order valence-corrected chi connectivity index (χ3v) is 3.97. The molecule has 0 amide bonds. The lowest BCUT2D eigenvalue weighted by molar-refractivity contribution is 0.169. The van der Waals surface area contributed by atoms with Crippen molar-refractivity contribution >= 4 is 5.82 Å². The molecule has 100 valence electrons. The van der Waals surface area contributed by atoms with Gasteiger partial charge >= 0.3 is 0 Å². The van der Waals surface area contributed by atoms with Crippen LogP contribution in [0.2, 0.25) is 0 Å². The highest BCUT2D eigenvalue weighted by molar-refractivity contribution is 5.48. The molecule has 2 atom stereocenters. The van der Waals surface area contributed by atoms with Gasteiger partial charge in [-0.05, 0) is 33.9 Å². The monoisotopic (exact) mass is 248 g/mol. The van der Waals surface area contributed by atoms with Gasteiger partial charge in [0.05, 0.1) is 0 Å². The number of likely N-dealkylation sites (N-methyl/N-ethyl adjacent to an activating group) is 1. The molecule has 2 rings (SSSR count). The summed E-state index contributed by atoms with van der Waals surface area (Å²) in [6.45, 7) is 9.15. The molecule has 0 bridgehead atoms. The molecule has 0 spiro atoms. The summed E-state index contributed by atoms with van der Waals surface area (Å²) in [7, 11) is 2.19. The zero-order valence-electron chi connectivity index (χ0n) is 11.8. The molecule has 1 aromatic rings. The predicted octanol–water partition coefficient (Wildman–Crippen LogP) is 1.38. The van der Waals surface area contributed by atoms with Gasteiger partial charge in [0.1, 0.15) is 5.82 Å². The maximum atomic E-state index is 5.83. The topological polar surface area (TPSA) is 45.4 Å². The van der Waals surface area contributed by atoms with Crippen molar-refractivity contribution < 1.29 is 0 Å². The predicted molar refractivity (Wildman–Crippen MR) is 75.8 cm³/mol. The Kier molecular flexibility index (Phi) is 3.88. The summed E-state index contributed by atoms with van der Waals surface area (Å²) in [6.07, 6.45) is 0. The molecule has 2 N–H and O–H groups in total. The van der Waals surface area contributed by atoms with Crippen molar-refractivity contribution in [2.45, 2.75) is 39.4 Å². The molecule has 1 saturated heterocycles. The van der Waals surface area contributed by atoms with Crippen molar-refractivity contribution in [3.63, 3.8) is 0 Å². The standard InChI is InChI=1S/C14H24N4/c1-10-5-6-13(7-15)14(16-10)18-8-11(2)17(4)12(3)9-18/h5-6,11-12H,7-9,15H2,1-4H3. The summed E-state index contributed by atoms with van der Waals surface area (Å²) in [4.78, 5) is 9.49. The van der Waals surface area contributed by atoms with Crippen molar-refractivity contribution in [1.82, 2.24) is 9.88 Å². The van der Waals surface area contributed by atoms with Crippen LogP contribution in [0.25, 0.3) is 0 Å². The zero-order chi connectivity index (χ0) is 13.3. The summed E-state index contributed by atoms with van der Waals surface area (Å²) in [5, 5.41) is 0. The Balaban J connectivity index is 2.28. The highest BCUT2D eigenvalue weighted by Gasteiger charge is 2.28. The Hall–Kier alpha value is -1.13. The first kappa shape index (κ1) is 13.3. The SMILES string of the molecule is Cc1ccc(CN)c(N2CC(C)N(C)C(C)C2)n1. The van der Waals surface area contributed by atoms with E-state index in [1.165, 1.54) is 0 Å². The Morgan fingerprint density at radius 1 is 1.28 bits per heavy atom. The summed E-state index contributed by atoms with van der Waals surface area (Å²) >= 11 is 0. The molecule has 2 heterocycles. The minimum absolute atomic E-state index is 0.543. The number of piperazine rings is 1. The van der Waals surface area contributed by atoms with Crippen LogP contribution in [0.3, 0.4) is 0 Å². The molecule has 0 saturated carbocycles. The molecular formula is C14H24N4. The van der Waals surface area contributed by atoms with Crippen LogP contribution in [0.1, 0.15) is 25.1 Å². The average molecular weight is 248 g/mol. The third-order valence-electron chi connectivity index (χ3n) is 3.97. The molecule has 0 aliphatic carbocycles. The van der Waals surface area contributed by atoms with Crippen LogP contribution in [-0.2, 0) is 6.54 Å². The van der Waals surface area contributed by atoms with E-state index in [9.17, 15) is 0 Å². The highest BCUT2D eigenvalue weighted by atomic mass is 15.3. The smallest absolute Gasteiger partial charge is 0.133 e. The number of pyridine rings is 1. The molecule has 0 radical (unpaired) electrons. The first-order chi connectivity index (χ1) is 8.52. The van der Waals surface area contributed by atoms with Crippen LogP contribution in [0.15, 0.2) is 12.1 Å². The van der Waals surface area contributed by atoms with Gasteiger partial charge in [-0.25, -0.2) is 4.98 Å². The molecule has 1 fully saturated rings. The van der Waals surface area contributed by atoms with E-state index in [0.717, 1.165) is 30.2 Å². The average Bonchev–Trinajstić information content (AvgIpc) is 2.35. The second-order valence-electron chi connectivity index (χ2n) is 5.41. The van der Waals surface area contributed by atoms with E-state index in [2.05, 4.69) is 41.7 Å². The Morgan fingerprint density at radius 3 is 2.44 bits per heavy atom. The maximum Gasteiger partial charge on any atom is 0.133 e. The van der Waals surface area contributed by atoms with E-state index in [0.29, 0.717) is 18.6 Å². The first-order valence-corrected chi connectivity index (χ1v) is 6.66. The van der Waals surface area contributed by atoms with Gasteiger partial charge in [-0.2, -0.15) is 0 Å². The fraction of sp³-hybridized carbons (Fsp3) is 0.643. The van der Waals surface area contributed by atoms with Gasteiger partial charge in [0, 0.05) is 43.0 Å². The quantitative estimate of drug-likeness (QED) is 0.859. The number of anilines is 1. The minimum Gasteiger partial charge on any atom is -0.353 e. The number of aryl methyl sites for hydroxylation is 1. The number of aromatic nitrogens is 1. The van der Waals surface area contributed by atoms with Gasteiger partial charge in [-0.1, -0.05) is 6.07 Å². The van der Waals surface area contributed by atoms with E-state index >= 15 is 0 Å². The largest absolute Gasteiger partial charge is 0.353 e. The maximum absolute atomic E-state index is 5.83. The number of nitrogens with zero attached hydrogens (tertiary/aromatic N) is 3. The molecular weight excluding hydrogens is 224 g/mol. The van der Waals surface area contributed by atoms with Crippen LogP contribution >= 0.6 is 0 Å². The van der Waals surface area contributed by atoms with E-state index in [1.807, 2.05) is 13.0 Å². The van der Waals surface area contributed by atoms with Gasteiger partial charge in [-0.3, -0.25) is 4.90 Å². The summed E-state index contributed by atoms with van der Waals surface area (Å²) in [5.41, 5.74) is 8.03. The molecule has 2 unspecified atom stereocenters. The van der Waals surface area contributed by atoms with Gasteiger partial charge < -0.3 is 10.6 Å². The van der Waals surface area contributed by atoms with Gasteiger partial charge in [-0.15, -0.1) is 0 Å². The number of rotatable bonds is 2. The van der Waals surface area contributed by atoms with E-state index < -0.39 is 0 Å². The molecule has 18 heavy (non-hydrogen) atoms. The van der Waals surface area contributed by atoms with Gasteiger partial charge in [0.15, 0.2) is 0 Å². The Labute approximate surface area is 110 Å². The van der Waals surface area contributed by atoms with E-state index in [1.54, 1.807) is 0 Å². The van der Waals surface area contributed by atoms with Gasteiger partial charge in [0.2, 0.25) is 0 Å².